The Morgan fingerprint density at radius 2 is 1.96 bits per heavy atom. The second kappa shape index (κ2) is 9.80. The first-order valence-corrected chi connectivity index (χ1v) is 9.39. The highest BCUT2D eigenvalue weighted by Crippen LogP contribution is 2.23. The predicted octanol–water partition coefficient (Wildman–Crippen LogP) is 3.72. The standard InChI is InChI=1S/C20H32N2O2/c1-3-21(4-2)12-6-8-17-10-13-22(14-11-17)16-18-7-5-9-19(15-18)20(23)24/h5,7,9,15,17H,3-4,6,8,10-14,16H2,1-2H3,(H,23,24). The fourth-order valence-electron chi connectivity index (χ4n) is 3.64. The van der Waals surface area contributed by atoms with E-state index in [4.69, 9.17) is 5.11 Å². The number of hydrogen-bond donors (Lipinski definition) is 1. The maximum Gasteiger partial charge on any atom is 0.335 e. The van der Waals surface area contributed by atoms with Gasteiger partial charge in [0.2, 0.25) is 0 Å². The molecule has 1 N–H and O–H groups in total. The number of carbonyl (C=O) groups is 1. The molecule has 1 heterocycles. The molecule has 2 rings (SSSR count). The van der Waals surface area contributed by atoms with Gasteiger partial charge in [-0.25, -0.2) is 4.79 Å². The third kappa shape index (κ3) is 5.91. The summed E-state index contributed by atoms with van der Waals surface area (Å²) >= 11 is 0. The molecule has 0 amide bonds. The highest BCUT2D eigenvalue weighted by Gasteiger charge is 2.19. The Hall–Kier alpha value is -1.39. The second-order valence-corrected chi connectivity index (χ2v) is 6.89. The molecule has 1 saturated heterocycles. The maximum absolute atomic E-state index is 11.1. The van der Waals surface area contributed by atoms with Crippen LogP contribution < -0.4 is 0 Å². The lowest BCUT2D eigenvalue weighted by Gasteiger charge is -2.32. The molecule has 0 atom stereocenters. The van der Waals surface area contributed by atoms with Gasteiger partial charge in [0.1, 0.15) is 0 Å². The lowest BCUT2D eigenvalue weighted by atomic mass is 9.92. The normalized spacial score (nSPS) is 16.6. The van der Waals surface area contributed by atoms with Crippen LogP contribution in [0.3, 0.4) is 0 Å². The highest BCUT2D eigenvalue weighted by atomic mass is 16.4. The summed E-state index contributed by atoms with van der Waals surface area (Å²) in [5.74, 6) is 0.0194. The first-order chi connectivity index (χ1) is 11.6. The average molecular weight is 332 g/mol. The van der Waals surface area contributed by atoms with Gasteiger partial charge in [0.25, 0.3) is 0 Å². The van der Waals surface area contributed by atoms with E-state index in [9.17, 15) is 4.79 Å². The van der Waals surface area contributed by atoms with Gasteiger partial charge in [-0.05, 0) is 82.0 Å². The number of aromatic carboxylic acids is 1. The maximum atomic E-state index is 11.1. The first kappa shape index (κ1) is 18.9. The summed E-state index contributed by atoms with van der Waals surface area (Å²) in [5, 5.41) is 9.09. The molecular weight excluding hydrogens is 300 g/mol. The van der Waals surface area contributed by atoms with Crippen molar-refractivity contribution >= 4 is 5.97 Å². The number of nitrogens with zero attached hydrogens (tertiary/aromatic N) is 2. The van der Waals surface area contributed by atoms with Gasteiger partial charge in [-0.2, -0.15) is 0 Å². The molecule has 1 aromatic carbocycles. The van der Waals surface area contributed by atoms with Crippen molar-refractivity contribution in [2.45, 2.75) is 46.1 Å². The van der Waals surface area contributed by atoms with Crippen LogP contribution in [0.4, 0.5) is 0 Å². The number of likely N-dealkylation sites (tertiary alicyclic amines) is 1. The minimum Gasteiger partial charge on any atom is -0.478 e. The van der Waals surface area contributed by atoms with Crippen LogP contribution in [0.15, 0.2) is 24.3 Å². The van der Waals surface area contributed by atoms with Crippen molar-refractivity contribution in [3.63, 3.8) is 0 Å². The Kier molecular flexibility index (Phi) is 7.73. The molecule has 0 aliphatic carbocycles. The van der Waals surface area contributed by atoms with E-state index in [0.29, 0.717) is 5.56 Å². The summed E-state index contributed by atoms with van der Waals surface area (Å²) < 4.78 is 0. The molecule has 1 aliphatic heterocycles. The van der Waals surface area contributed by atoms with E-state index in [1.165, 1.54) is 32.2 Å². The number of rotatable bonds is 9. The van der Waals surface area contributed by atoms with Crippen LogP contribution in [0.5, 0.6) is 0 Å². The van der Waals surface area contributed by atoms with Crippen molar-refractivity contribution < 1.29 is 9.90 Å². The van der Waals surface area contributed by atoms with Crippen LogP contribution in [0.2, 0.25) is 0 Å². The van der Waals surface area contributed by atoms with Gasteiger partial charge >= 0.3 is 5.97 Å². The summed E-state index contributed by atoms with van der Waals surface area (Å²) in [5.41, 5.74) is 1.49. The van der Waals surface area contributed by atoms with Crippen molar-refractivity contribution in [1.82, 2.24) is 9.80 Å². The molecule has 4 nitrogen and oxygen atoms in total. The summed E-state index contributed by atoms with van der Waals surface area (Å²) in [6.45, 7) is 11.2. The molecule has 0 saturated carbocycles. The minimum absolute atomic E-state index is 0.388. The van der Waals surface area contributed by atoms with E-state index in [0.717, 1.165) is 44.2 Å². The molecule has 24 heavy (non-hydrogen) atoms. The van der Waals surface area contributed by atoms with Gasteiger partial charge in [0.15, 0.2) is 0 Å². The summed E-state index contributed by atoms with van der Waals surface area (Å²) in [6, 6.07) is 7.34. The third-order valence-electron chi connectivity index (χ3n) is 5.27. The van der Waals surface area contributed by atoms with Crippen LogP contribution >= 0.6 is 0 Å². The van der Waals surface area contributed by atoms with E-state index in [-0.39, 0.29) is 0 Å². The van der Waals surface area contributed by atoms with Crippen molar-refractivity contribution in [2.75, 3.05) is 32.7 Å². The van der Waals surface area contributed by atoms with Gasteiger partial charge in [-0.15, -0.1) is 0 Å². The Morgan fingerprint density at radius 1 is 1.25 bits per heavy atom. The van der Waals surface area contributed by atoms with E-state index < -0.39 is 5.97 Å². The zero-order valence-electron chi connectivity index (χ0n) is 15.2. The number of benzene rings is 1. The Labute approximate surface area is 146 Å². The van der Waals surface area contributed by atoms with Gasteiger partial charge in [-0.1, -0.05) is 26.0 Å². The largest absolute Gasteiger partial charge is 0.478 e. The van der Waals surface area contributed by atoms with Crippen LogP contribution in [0, 0.1) is 5.92 Å². The van der Waals surface area contributed by atoms with Gasteiger partial charge < -0.3 is 10.0 Å². The molecular formula is C20H32N2O2. The van der Waals surface area contributed by atoms with Crippen molar-refractivity contribution in [1.29, 1.82) is 0 Å². The molecule has 0 radical (unpaired) electrons. The highest BCUT2D eigenvalue weighted by molar-refractivity contribution is 5.87. The zero-order valence-corrected chi connectivity index (χ0v) is 15.2. The van der Waals surface area contributed by atoms with Gasteiger partial charge in [-0.3, -0.25) is 4.90 Å². The van der Waals surface area contributed by atoms with Gasteiger partial charge in [0.05, 0.1) is 5.56 Å². The fraction of sp³-hybridized carbons (Fsp3) is 0.650. The van der Waals surface area contributed by atoms with E-state index in [1.54, 1.807) is 12.1 Å². The summed E-state index contributed by atoms with van der Waals surface area (Å²) in [6.07, 6.45) is 5.21. The van der Waals surface area contributed by atoms with Crippen molar-refractivity contribution in [2.24, 2.45) is 5.92 Å². The molecule has 0 unspecified atom stereocenters. The van der Waals surface area contributed by atoms with E-state index in [1.807, 2.05) is 12.1 Å². The number of hydrogen-bond acceptors (Lipinski definition) is 3. The smallest absolute Gasteiger partial charge is 0.335 e. The topological polar surface area (TPSA) is 43.8 Å². The molecule has 0 spiro atoms. The molecule has 1 aliphatic rings. The average Bonchev–Trinajstić information content (AvgIpc) is 2.60. The van der Waals surface area contributed by atoms with Crippen LogP contribution in [0.1, 0.15) is 55.5 Å². The molecule has 0 aromatic heterocycles. The van der Waals surface area contributed by atoms with Gasteiger partial charge in [0, 0.05) is 6.54 Å². The number of carboxylic acid groups (broad SMARTS) is 1. The Morgan fingerprint density at radius 3 is 2.58 bits per heavy atom. The molecule has 0 bridgehead atoms. The fourth-order valence-corrected chi connectivity index (χ4v) is 3.64. The van der Waals surface area contributed by atoms with E-state index in [2.05, 4.69) is 23.6 Å². The first-order valence-electron chi connectivity index (χ1n) is 9.39. The lowest BCUT2D eigenvalue weighted by molar-refractivity contribution is 0.0696. The molecule has 1 aromatic rings. The number of piperidine rings is 1. The lowest BCUT2D eigenvalue weighted by Crippen LogP contribution is -2.33. The summed E-state index contributed by atoms with van der Waals surface area (Å²) in [7, 11) is 0. The predicted molar refractivity (Wildman–Crippen MR) is 98.4 cm³/mol. The molecule has 4 heteroatoms. The van der Waals surface area contributed by atoms with Crippen LogP contribution in [-0.4, -0.2) is 53.6 Å². The quantitative estimate of drug-likeness (QED) is 0.748. The second-order valence-electron chi connectivity index (χ2n) is 6.89. The SMILES string of the molecule is CCN(CC)CCCC1CCN(Cc2cccc(C(=O)O)c2)CC1. The zero-order chi connectivity index (χ0) is 17.4. The Balaban J connectivity index is 1.71. The Bertz CT molecular complexity index is 506. The molecule has 134 valence electrons. The van der Waals surface area contributed by atoms with Crippen molar-refractivity contribution in [3.8, 4) is 0 Å². The van der Waals surface area contributed by atoms with Crippen molar-refractivity contribution in [3.05, 3.63) is 35.4 Å². The van der Waals surface area contributed by atoms with Crippen LogP contribution in [0.25, 0.3) is 0 Å². The number of carboxylic acids is 1. The van der Waals surface area contributed by atoms with Crippen LogP contribution in [-0.2, 0) is 6.54 Å². The monoisotopic (exact) mass is 332 g/mol. The molecule has 1 fully saturated rings. The summed E-state index contributed by atoms with van der Waals surface area (Å²) in [4.78, 5) is 16.0. The minimum atomic E-state index is -0.844. The van der Waals surface area contributed by atoms with E-state index >= 15 is 0 Å². The third-order valence-corrected chi connectivity index (χ3v) is 5.27.